The number of hydrogen-bond donors (Lipinski definition) is 4. The van der Waals surface area contributed by atoms with Gasteiger partial charge in [-0.05, 0) is 76.0 Å². The molecular formula is C33H43N5O6. The van der Waals surface area contributed by atoms with Crippen molar-refractivity contribution in [2.24, 2.45) is 11.3 Å². The number of nitrogens with one attached hydrogen (secondary N) is 3. The highest BCUT2D eigenvalue weighted by Gasteiger charge is 2.43. The lowest BCUT2D eigenvalue weighted by molar-refractivity contribution is -0.168. The van der Waals surface area contributed by atoms with Crippen LogP contribution in [0, 0.1) is 11.3 Å². The first-order valence-electron chi connectivity index (χ1n) is 15.6. The van der Waals surface area contributed by atoms with Crippen molar-refractivity contribution in [1.82, 2.24) is 26.1 Å². The Kier molecular flexibility index (Phi) is 9.36. The number of pyridine rings is 1. The third-order valence-electron chi connectivity index (χ3n) is 8.98. The van der Waals surface area contributed by atoms with E-state index < -0.39 is 47.5 Å². The van der Waals surface area contributed by atoms with Gasteiger partial charge in [-0.2, -0.15) is 0 Å². The van der Waals surface area contributed by atoms with E-state index in [9.17, 15) is 24.3 Å². The Balaban J connectivity index is 1.53. The first-order valence-corrected chi connectivity index (χ1v) is 15.6. The highest BCUT2D eigenvalue weighted by atomic mass is 16.5. The van der Waals surface area contributed by atoms with Crippen LogP contribution in [0.25, 0.3) is 17.0 Å². The molecule has 1 aromatic heterocycles. The van der Waals surface area contributed by atoms with Gasteiger partial charge >= 0.3 is 5.97 Å². The lowest BCUT2D eigenvalue weighted by Gasteiger charge is -2.36. The predicted molar refractivity (Wildman–Crippen MR) is 164 cm³/mol. The normalized spacial score (nSPS) is 31.5. The van der Waals surface area contributed by atoms with Gasteiger partial charge in [-0.25, -0.2) is 5.43 Å². The van der Waals surface area contributed by atoms with Crippen LogP contribution in [0.4, 0.5) is 0 Å². The average molecular weight is 606 g/mol. The number of rotatable bonds is 1. The minimum Gasteiger partial charge on any atom is -0.451 e. The second-order valence-corrected chi connectivity index (χ2v) is 12.8. The minimum atomic E-state index is -1.12. The van der Waals surface area contributed by atoms with Gasteiger partial charge in [-0.1, -0.05) is 44.2 Å². The second-order valence-electron chi connectivity index (χ2n) is 12.8. The van der Waals surface area contributed by atoms with Gasteiger partial charge < -0.3 is 20.5 Å². The van der Waals surface area contributed by atoms with Crippen LogP contribution in [-0.2, 0) is 23.9 Å². The van der Waals surface area contributed by atoms with Crippen LogP contribution in [-0.4, -0.2) is 69.6 Å². The zero-order valence-corrected chi connectivity index (χ0v) is 25.8. The van der Waals surface area contributed by atoms with Crippen LogP contribution >= 0.6 is 0 Å². The molecule has 11 nitrogen and oxygen atoms in total. The number of carbonyl (C=O) groups is 4. The Morgan fingerprint density at radius 2 is 1.68 bits per heavy atom. The van der Waals surface area contributed by atoms with E-state index in [-0.39, 0.29) is 17.9 Å². The molecule has 2 fully saturated rings. The Bertz CT molecular complexity index is 1450. The molecule has 2 aromatic rings. The van der Waals surface area contributed by atoms with Crippen LogP contribution in [0.5, 0.6) is 0 Å². The molecule has 4 atom stereocenters. The van der Waals surface area contributed by atoms with Crippen molar-refractivity contribution in [3.8, 4) is 0 Å². The Morgan fingerprint density at radius 3 is 2.41 bits per heavy atom. The quantitative estimate of drug-likeness (QED) is 0.363. The number of cyclic esters (lactones) is 1. The van der Waals surface area contributed by atoms with E-state index in [1.807, 2.05) is 49.4 Å². The topological polar surface area (TPSA) is 150 Å². The largest absolute Gasteiger partial charge is 0.451 e. The van der Waals surface area contributed by atoms with E-state index in [0.29, 0.717) is 50.8 Å². The number of hydrazine groups is 1. The van der Waals surface area contributed by atoms with Gasteiger partial charge in [0.1, 0.15) is 12.1 Å². The third kappa shape index (κ3) is 6.78. The first kappa shape index (κ1) is 31.6. The van der Waals surface area contributed by atoms with E-state index in [2.05, 4.69) is 16.1 Å². The van der Waals surface area contributed by atoms with Gasteiger partial charge in [0.15, 0.2) is 6.10 Å². The first-order chi connectivity index (χ1) is 21.0. The fourth-order valence-corrected chi connectivity index (χ4v) is 6.15. The van der Waals surface area contributed by atoms with Crippen LogP contribution in [0.15, 0.2) is 36.4 Å². The Morgan fingerprint density at radius 1 is 0.977 bits per heavy atom. The molecule has 5 bridgehead atoms. The van der Waals surface area contributed by atoms with Crippen LogP contribution < -0.4 is 16.1 Å². The van der Waals surface area contributed by atoms with Gasteiger partial charge in [-0.3, -0.25) is 29.2 Å². The zero-order valence-electron chi connectivity index (χ0n) is 25.8. The number of ether oxygens (including phenoxy) is 1. The molecule has 236 valence electrons. The highest BCUT2D eigenvalue weighted by Crippen LogP contribution is 2.40. The average Bonchev–Trinajstić information content (AvgIpc) is 3.01. The van der Waals surface area contributed by atoms with Gasteiger partial charge in [0.25, 0.3) is 11.8 Å². The van der Waals surface area contributed by atoms with Crippen LogP contribution in [0.3, 0.4) is 0 Å². The van der Waals surface area contributed by atoms with Crippen molar-refractivity contribution in [2.45, 2.75) is 96.6 Å². The summed E-state index contributed by atoms with van der Waals surface area (Å²) in [6.07, 6.45) is 4.84. The monoisotopic (exact) mass is 605 g/mol. The summed E-state index contributed by atoms with van der Waals surface area (Å²) < 4.78 is 5.93. The number of aliphatic hydroxyl groups excluding tert-OH is 1. The standard InChI is InChI=1S/C33H43N5O6/c1-19(2)28-30(41)35-21(4)31(42)38-17-5-6-26(37-38)29(40)34-20(3)25-10-9-23-8-7-22(18-27(23)36-25)11-14-33(32(43)44-28)15-12-24(39)13-16-33/h7-11,14,18-21,24,26,28,37,39H,5-6,12-13,15-17H2,1-4H3,(H,34,40)(H,35,41)/b14-11+/t20-,21+,24-,26+,28-,33-/m1/s1. The van der Waals surface area contributed by atoms with E-state index in [1.54, 1.807) is 20.8 Å². The Labute approximate surface area is 257 Å². The SMILES string of the molecule is CC(C)[C@H]1OC(=O)[C@]2(/C=C/c3ccc4ccc(nc4c3)[C@@H](C)NC(=O)[C@@H]3CCCN(N3)C(=O)[C@H](C)NC1=O)CC[C@@H](O)CC2. The van der Waals surface area contributed by atoms with Crippen molar-refractivity contribution in [3.63, 3.8) is 0 Å². The van der Waals surface area contributed by atoms with Gasteiger partial charge in [0, 0.05) is 11.9 Å². The molecule has 1 saturated heterocycles. The molecule has 0 radical (unpaired) electrons. The van der Waals surface area contributed by atoms with Crippen molar-refractivity contribution in [3.05, 3.63) is 47.7 Å². The number of fused-ring (bicyclic) bond motifs is 4. The summed E-state index contributed by atoms with van der Waals surface area (Å²) in [5.74, 6) is -2.09. The molecule has 2 aliphatic heterocycles. The lowest BCUT2D eigenvalue weighted by Crippen LogP contribution is -2.61. The molecule has 5 rings (SSSR count). The molecule has 0 unspecified atom stereocenters. The molecule has 1 aromatic carbocycles. The summed E-state index contributed by atoms with van der Waals surface area (Å²) in [6, 6.07) is 7.74. The van der Waals surface area contributed by atoms with E-state index in [1.165, 1.54) is 5.01 Å². The number of benzene rings is 1. The fraction of sp³-hybridized carbons (Fsp3) is 0.545. The van der Waals surface area contributed by atoms with Crippen molar-refractivity contribution in [2.75, 3.05) is 6.54 Å². The van der Waals surface area contributed by atoms with Gasteiger partial charge in [0.2, 0.25) is 5.91 Å². The summed E-state index contributed by atoms with van der Waals surface area (Å²) in [7, 11) is 0. The lowest BCUT2D eigenvalue weighted by atomic mass is 9.72. The molecule has 3 aliphatic rings. The van der Waals surface area contributed by atoms with E-state index >= 15 is 0 Å². The smallest absolute Gasteiger partial charge is 0.316 e. The maximum Gasteiger partial charge on any atom is 0.316 e. The van der Waals surface area contributed by atoms with E-state index in [4.69, 9.17) is 9.72 Å². The summed E-state index contributed by atoms with van der Waals surface area (Å²) in [5, 5.41) is 18.3. The second kappa shape index (κ2) is 13.0. The van der Waals surface area contributed by atoms with Crippen molar-refractivity contribution in [1.29, 1.82) is 0 Å². The summed E-state index contributed by atoms with van der Waals surface area (Å²) >= 11 is 0. The fourth-order valence-electron chi connectivity index (χ4n) is 6.15. The zero-order chi connectivity index (χ0) is 31.6. The van der Waals surface area contributed by atoms with Crippen molar-refractivity contribution >= 4 is 40.7 Å². The molecule has 3 amide bonds. The van der Waals surface area contributed by atoms with Crippen LogP contribution in [0.1, 0.15) is 83.5 Å². The molecule has 1 spiro atoms. The molecule has 1 aliphatic carbocycles. The number of esters is 1. The molecule has 1 saturated carbocycles. The molecule has 3 heterocycles. The minimum absolute atomic E-state index is 0.245. The molecular weight excluding hydrogens is 562 g/mol. The number of nitrogens with zero attached hydrogens (tertiary/aromatic N) is 2. The molecule has 4 N–H and O–H groups in total. The van der Waals surface area contributed by atoms with Crippen LogP contribution in [0.2, 0.25) is 0 Å². The summed E-state index contributed by atoms with van der Waals surface area (Å²) in [6.45, 7) is 7.39. The maximum absolute atomic E-state index is 13.9. The van der Waals surface area contributed by atoms with Gasteiger partial charge in [0.05, 0.1) is 28.8 Å². The number of carbonyl (C=O) groups excluding carboxylic acids is 4. The predicted octanol–water partition coefficient (Wildman–Crippen LogP) is 2.93. The summed E-state index contributed by atoms with van der Waals surface area (Å²) in [4.78, 5) is 58.7. The number of hydrogen-bond acceptors (Lipinski definition) is 8. The van der Waals surface area contributed by atoms with Crippen molar-refractivity contribution < 1.29 is 29.0 Å². The molecule has 11 heteroatoms. The number of aliphatic hydroxyl groups is 1. The molecule has 44 heavy (non-hydrogen) atoms. The number of amides is 3. The van der Waals surface area contributed by atoms with E-state index in [0.717, 1.165) is 16.5 Å². The summed E-state index contributed by atoms with van der Waals surface area (Å²) in [5.41, 5.74) is 4.27. The highest BCUT2D eigenvalue weighted by molar-refractivity contribution is 5.92. The third-order valence-corrected chi connectivity index (χ3v) is 8.98. The Hall–Kier alpha value is -3.83. The van der Waals surface area contributed by atoms with Gasteiger partial charge in [-0.15, -0.1) is 0 Å². The number of aromatic nitrogens is 1. The maximum atomic E-state index is 13.9.